The molecule has 1 fully saturated rings. The molecule has 2 aromatic carbocycles. The summed E-state index contributed by atoms with van der Waals surface area (Å²) in [7, 11) is -2.56. The first-order valence-electron chi connectivity index (χ1n) is 11.1. The van der Waals surface area contributed by atoms with Crippen LogP contribution < -0.4 is 15.4 Å². The predicted molar refractivity (Wildman–Crippen MR) is 134 cm³/mol. The van der Waals surface area contributed by atoms with E-state index in [2.05, 4.69) is 20.2 Å². The Kier molecular flexibility index (Phi) is 7.34. The summed E-state index contributed by atoms with van der Waals surface area (Å²) in [4.78, 5) is 11.3. The van der Waals surface area contributed by atoms with Crippen molar-refractivity contribution in [2.75, 3.05) is 44.9 Å². The monoisotopic (exact) mass is 472 g/mol. The van der Waals surface area contributed by atoms with Gasteiger partial charge in [0.2, 0.25) is 0 Å². The molecule has 0 atom stereocenters. The van der Waals surface area contributed by atoms with Crippen LogP contribution in [0.5, 0.6) is 5.75 Å². The zero-order valence-electron chi connectivity index (χ0n) is 18.7. The van der Waals surface area contributed by atoms with Crippen LogP contribution in [0.3, 0.4) is 0 Å². The van der Waals surface area contributed by atoms with Crippen LogP contribution in [-0.4, -0.2) is 54.4 Å². The minimum atomic E-state index is -2.56. The van der Waals surface area contributed by atoms with Crippen LogP contribution in [-0.2, 0) is 4.57 Å². The highest BCUT2D eigenvalue weighted by atomic mass is 35.5. The number of nitrogens with zero attached hydrogens (tertiary/aromatic N) is 3. The van der Waals surface area contributed by atoms with Gasteiger partial charge in [-0.1, -0.05) is 24.1 Å². The third-order valence-corrected chi connectivity index (χ3v) is 7.45. The van der Waals surface area contributed by atoms with Gasteiger partial charge in [0.15, 0.2) is 0 Å². The summed E-state index contributed by atoms with van der Waals surface area (Å²) < 4.78 is 19.2. The lowest BCUT2D eigenvalue weighted by molar-refractivity contribution is 0.205. The molecular weight excluding hydrogens is 443 g/mol. The van der Waals surface area contributed by atoms with E-state index < -0.39 is 7.14 Å². The van der Waals surface area contributed by atoms with Crippen molar-refractivity contribution in [3.8, 4) is 5.75 Å². The van der Waals surface area contributed by atoms with Gasteiger partial charge in [-0.2, -0.15) is 0 Å². The van der Waals surface area contributed by atoms with Crippen LogP contribution in [0.15, 0.2) is 42.7 Å². The number of rotatable bonds is 8. The summed E-state index contributed by atoms with van der Waals surface area (Å²) >= 11 is 6.13. The molecule has 1 aliphatic rings. The Labute approximate surface area is 194 Å². The van der Waals surface area contributed by atoms with E-state index in [1.807, 2.05) is 36.4 Å². The fourth-order valence-electron chi connectivity index (χ4n) is 4.06. The summed E-state index contributed by atoms with van der Waals surface area (Å²) in [5, 5.41) is 5.49. The summed E-state index contributed by atoms with van der Waals surface area (Å²) in [6.07, 6.45) is 6.35. The molecule has 1 aliphatic heterocycles. The fourth-order valence-corrected chi connectivity index (χ4v) is 5.35. The number of anilines is 2. The first-order valence-corrected chi connectivity index (χ1v) is 14.1. The lowest BCUT2D eigenvalue weighted by Gasteiger charge is -2.26. The minimum absolute atomic E-state index is 0.583. The molecule has 0 bridgehead atoms. The summed E-state index contributed by atoms with van der Waals surface area (Å²) in [5.74, 6) is 1.30. The molecule has 170 valence electrons. The third-order valence-electron chi connectivity index (χ3n) is 5.71. The van der Waals surface area contributed by atoms with Gasteiger partial charge in [-0.05, 0) is 76.0 Å². The molecule has 0 aliphatic carbocycles. The molecule has 0 radical (unpaired) electrons. The molecule has 1 N–H and O–H groups in total. The van der Waals surface area contributed by atoms with Crippen molar-refractivity contribution in [3.63, 3.8) is 0 Å². The van der Waals surface area contributed by atoms with E-state index in [-0.39, 0.29) is 0 Å². The average Bonchev–Trinajstić information content (AvgIpc) is 2.77. The second kappa shape index (κ2) is 10.2. The smallest absolute Gasteiger partial charge is 0.141 e. The Hall–Kier alpha value is -2.14. The van der Waals surface area contributed by atoms with Gasteiger partial charge in [-0.3, -0.25) is 0 Å². The van der Waals surface area contributed by atoms with E-state index >= 15 is 0 Å². The molecule has 2 heterocycles. The average molecular weight is 473 g/mol. The Morgan fingerprint density at radius 2 is 1.94 bits per heavy atom. The van der Waals surface area contributed by atoms with Crippen LogP contribution in [0.1, 0.15) is 25.7 Å². The second-order valence-electron chi connectivity index (χ2n) is 8.65. The molecule has 1 saturated heterocycles. The van der Waals surface area contributed by atoms with Crippen molar-refractivity contribution in [1.82, 2.24) is 14.9 Å². The Bertz CT molecular complexity index is 1130. The number of halogens is 1. The van der Waals surface area contributed by atoms with Gasteiger partial charge in [-0.15, -0.1) is 0 Å². The quantitative estimate of drug-likeness (QED) is 0.343. The number of benzene rings is 2. The van der Waals surface area contributed by atoms with E-state index in [1.165, 1.54) is 38.7 Å². The van der Waals surface area contributed by atoms with Gasteiger partial charge < -0.3 is 19.5 Å². The number of nitrogens with one attached hydrogen (secondary N) is 1. The Balaban J connectivity index is 1.58. The zero-order chi connectivity index (χ0) is 22.6. The molecule has 4 rings (SSSR count). The lowest BCUT2D eigenvalue weighted by Crippen LogP contribution is -2.31. The number of hydrogen-bond acceptors (Lipinski definition) is 6. The van der Waals surface area contributed by atoms with Crippen molar-refractivity contribution in [3.05, 3.63) is 47.7 Å². The van der Waals surface area contributed by atoms with E-state index in [9.17, 15) is 4.57 Å². The van der Waals surface area contributed by atoms with Crippen molar-refractivity contribution in [2.45, 2.75) is 25.7 Å². The number of likely N-dealkylation sites (tertiary alicyclic amines) is 1. The standard InChI is InChI=1S/C24H30ClN4O2P/c1-32(2,30)23-16-21-20(15-22(23)31-13-7-12-29-10-4-3-5-11-29)24(27-17-26-21)28-19-9-6-8-18(25)14-19/h6,8-9,14-17H,3-5,7,10-13H2,1-2H3,(H,26,27,28). The van der Waals surface area contributed by atoms with Crippen LogP contribution in [0.25, 0.3) is 10.9 Å². The van der Waals surface area contributed by atoms with Crippen LogP contribution in [0.2, 0.25) is 5.02 Å². The van der Waals surface area contributed by atoms with Gasteiger partial charge in [-0.25, -0.2) is 9.97 Å². The maximum atomic E-state index is 13.0. The molecular formula is C24H30ClN4O2P. The molecule has 0 unspecified atom stereocenters. The van der Waals surface area contributed by atoms with Crippen molar-refractivity contribution in [2.24, 2.45) is 0 Å². The van der Waals surface area contributed by atoms with E-state index in [0.717, 1.165) is 34.9 Å². The first-order chi connectivity index (χ1) is 15.4. The number of piperidine rings is 1. The summed E-state index contributed by atoms with van der Waals surface area (Å²) in [5.41, 5.74) is 1.56. The van der Waals surface area contributed by atoms with Crippen LogP contribution in [0.4, 0.5) is 11.5 Å². The van der Waals surface area contributed by atoms with Crippen molar-refractivity contribution in [1.29, 1.82) is 0 Å². The predicted octanol–water partition coefficient (Wildman–Crippen LogP) is 5.53. The highest BCUT2D eigenvalue weighted by Crippen LogP contribution is 2.40. The van der Waals surface area contributed by atoms with Crippen molar-refractivity contribution < 1.29 is 9.30 Å². The van der Waals surface area contributed by atoms with E-state index in [0.29, 0.717) is 23.2 Å². The number of ether oxygens (including phenoxy) is 1. The molecule has 3 aromatic rings. The Morgan fingerprint density at radius 1 is 1.12 bits per heavy atom. The highest BCUT2D eigenvalue weighted by Gasteiger charge is 2.20. The summed E-state index contributed by atoms with van der Waals surface area (Å²) in [6, 6.07) is 11.3. The molecule has 8 heteroatoms. The van der Waals surface area contributed by atoms with Crippen molar-refractivity contribution >= 4 is 46.5 Å². The van der Waals surface area contributed by atoms with Gasteiger partial charge in [0.05, 0.1) is 17.4 Å². The van der Waals surface area contributed by atoms with Gasteiger partial charge in [0, 0.05) is 22.6 Å². The molecule has 32 heavy (non-hydrogen) atoms. The van der Waals surface area contributed by atoms with Gasteiger partial charge >= 0.3 is 0 Å². The maximum absolute atomic E-state index is 13.0. The first kappa shape index (κ1) is 23.0. The van der Waals surface area contributed by atoms with Crippen LogP contribution >= 0.6 is 18.7 Å². The van der Waals surface area contributed by atoms with Gasteiger partial charge in [0.1, 0.15) is 25.0 Å². The second-order valence-corrected chi connectivity index (χ2v) is 12.3. The number of aromatic nitrogens is 2. The Morgan fingerprint density at radius 3 is 2.69 bits per heavy atom. The molecule has 0 spiro atoms. The molecule has 0 amide bonds. The van der Waals surface area contributed by atoms with Crippen LogP contribution in [0, 0.1) is 0 Å². The topological polar surface area (TPSA) is 67.3 Å². The molecule has 6 nitrogen and oxygen atoms in total. The van der Waals surface area contributed by atoms with E-state index in [1.54, 1.807) is 13.3 Å². The highest BCUT2D eigenvalue weighted by molar-refractivity contribution is 7.70. The largest absolute Gasteiger partial charge is 0.493 e. The molecule has 0 saturated carbocycles. The SMILES string of the molecule is CP(C)(=O)c1cc2ncnc(Nc3cccc(Cl)c3)c2cc1OCCCN1CCCCC1. The number of hydrogen-bond donors (Lipinski definition) is 1. The van der Waals surface area contributed by atoms with E-state index in [4.69, 9.17) is 16.3 Å². The summed E-state index contributed by atoms with van der Waals surface area (Å²) in [6.45, 7) is 7.50. The zero-order valence-corrected chi connectivity index (χ0v) is 20.3. The third kappa shape index (κ3) is 5.80. The molecule has 1 aromatic heterocycles. The normalized spacial score (nSPS) is 15.1. The van der Waals surface area contributed by atoms with Gasteiger partial charge in [0.25, 0.3) is 0 Å². The lowest BCUT2D eigenvalue weighted by atomic mass is 10.1. The maximum Gasteiger partial charge on any atom is 0.141 e. The minimum Gasteiger partial charge on any atom is -0.493 e. The fraction of sp³-hybridized carbons (Fsp3) is 0.417. The number of fused-ring (bicyclic) bond motifs is 1.